The number of hydrogen-bond donors (Lipinski definition) is 1. The number of carbonyl (C=O) groups is 1. The molecule has 0 bridgehead atoms. The second kappa shape index (κ2) is 9.16. The number of pyridine rings is 1. The normalized spacial score (nSPS) is 12.8. The van der Waals surface area contributed by atoms with Crippen LogP contribution in [0.15, 0.2) is 64.5 Å². The van der Waals surface area contributed by atoms with E-state index < -0.39 is 10.0 Å². The van der Waals surface area contributed by atoms with E-state index in [1.165, 1.54) is 30.2 Å². The number of carbonyl (C=O) groups excluding carboxylic acids is 1. The lowest BCUT2D eigenvalue weighted by Crippen LogP contribution is -2.24. The quantitative estimate of drug-likeness (QED) is 0.551. The summed E-state index contributed by atoms with van der Waals surface area (Å²) >= 11 is 1.41. The fourth-order valence-electron chi connectivity index (χ4n) is 2.99. The number of sulfonamides is 1. The lowest BCUT2D eigenvalue weighted by Gasteiger charge is -2.16. The van der Waals surface area contributed by atoms with Gasteiger partial charge in [0, 0.05) is 25.2 Å². The fraction of sp³-hybridized carbons (Fsp3) is 0.273. The van der Waals surface area contributed by atoms with Crippen LogP contribution < -0.4 is 5.32 Å². The first-order valence-electron chi connectivity index (χ1n) is 9.59. The first-order chi connectivity index (χ1) is 14.2. The van der Waals surface area contributed by atoms with E-state index in [0.717, 1.165) is 21.7 Å². The molecule has 2 aromatic carbocycles. The molecule has 0 saturated heterocycles. The van der Waals surface area contributed by atoms with Crippen LogP contribution in [0, 0.1) is 6.92 Å². The predicted molar refractivity (Wildman–Crippen MR) is 122 cm³/mol. The SMILES string of the molecule is CCC(Sc1cc(C)c2cc(S(=O)(=O)N(C)C)ccc2n1)C(=O)Nc1ccccc1. The third-order valence-electron chi connectivity index (χ3n) is 4.71. The van der Waals surface area contributed by atoms with Crippen molar-refractivity contribution < 1.29 is 13.2 Å². The molecule has 1 aromatic heterocycles. The van der Waals surface area contributed by atoms with E-state index in [0.29, 0.717) is 11.9 Å². The summed E-state index contributed by atoms with van der Waals surface area (Å²) in [6, 6.07) is 16.2. The topological polar surface area (TPSA) is 79.4 Å². The van der Waals surface area contributed by atoms with E-state index in [4.69, 9.17) is 0 Å². The van der Waals surface area contributed by atoms with Crippen LogP contribution in [0.4, 0.5) is 5.69 Å². The van der Waals surface area contributed by atoms with Gasteiger partial charge < -0.3 is 5.32 Å². The first-order valence-corrected chi connectivity index (χ1v) is 11.9. The van der Waals surface area contributed by atoms with Crippen LogP contribution in [0.1, 0.15) is 18.9 Å². The highest BCUT2D eigenvalue weighted by molar-refractivity contribution is 8.00. The third-order valence-corrected chi connectivity index (χ3v) is 7.80. The Balaban J connectivity index is 1.86. The van der Waals surface area contributed by atoms with Gasteiger partial charge in [0.05, 0.1) is 20.7 Å². The zero-order valence-electron chi connectivity index (χ0n) is 17.4. The number of amides is 1. The van der Waals surface area contributed by atoms with Crippen LogP contribution in [-0.4, -0.2) is 43.0 Å². The lowest BCUT2D eigenvalue weighted by atomic mass is 10.1. The summed E-state index contributed by atoms with van der Waals surface area (Å²) in [5.74, 6) is -0.0688. The van der Waals surface area contributed by atoms with Gasteiger partial charge in [-0.3, -0.25) is 4.79 Å². The smallest absolute Gasteiger partial charge is 0.242 e. The average molecular weight is 444 g/mol. The number of fused-ring (bicyclic) bond motifs is 1. The summed E-state index contributed by atoms with van der Waals surface area (Å²) in [6.45, 7) is 3.89. The van der Waals surface area contributed by atoms with Crippen molar-refractivity contribution >= 4 is 44.3 Å². The van der Waals surface area contributed by atoms with E-state index in [1.54, 1.807) is 18.2 Å². The van der Waals surface area contributed by atoms with Crippen LogP contribution in [0.2, 0.25) is 0 Å². The Labute approximate surface area is 181 Å². The van der Waals surface area contributed by atoms with Crippen LogP contribution in [-0.2, 0) is 14.8 Å². The molecule has 1 amide bonds. The number of hydrogen-bond acceptors (Lipinski definition) is 5. The van der Waals surface area contributed by atoms with Gasteiger partial charge in [0.15, 0.2) is 0 Å². The maximum atomic E-state index is 12.7. The highest BCUT2D eigenvalue weighted by atomic mass is 32.2. The largest absolute Gasteiger partial charge is 0.325 e. The maximum Gasteiger partial charge on any atom is 0.242 e. The molecule has 30 heavy (non-hydrogen) atoms. The number of para-hydroxylation sites is 1. The molecule has 0 saturated carbocycles. The molecule has 1 unspecified atom stereocenters. The van der Waals surface area contributed by atoms with Crippen molar-refractivity contribution in [3.63, 3.8) is 0 Å². The average Bonchev–Trinajstić information content (AvgIpc) is 2.72. The molecule has 8 heteroatoms. The Bertz CT molecular complexity index is 1160. The number of anilines is 1. The number of nitrogens with one attached hydrogen (secondary N) is 1. The van der Waals surface area contributed by atoms with Crippen molar-refractivity contribution in [2.24, 2.45) is 0 Å². The third kappa shape index (κ3) is 4.83. The fourth-order valence-corrected chi connectivity index (χ4v) is 4.93. The summed E-state index contributed by atoms with van der Waals surface area (Å²) in [5, 5.41) is 4.17. The molecule has 1 atom stereocenters. The molecule has 0 fully saturated rings. The monoisotopic (exact) mass is 443 g/mol. The van der Waals surface area contributed by atoms with Gasteiger partial charge in [-0.2, -0.15) is 0 Å². The molecule has 1 heterocycles. The Morgan fingerprint density at radius 1 is 1.13 bits per heavy atom. The number of aryl methyl sites for hydroxylation is 1. The van der Waals surface area contributed by atoms with Gasteiger partial charge in [0.1, 0.15) is 0 Å². The zero-order valence-corrected chi connectivity index (χ0v) is 19.0. The van der Waals surface area contributed by atoms with Gasteiger partial charge in [-0.1, -0.05) is 36.9 Å². The lowest BCUT2D eigenvalue weighted by molar-refractivity contribution is -0.115. The van der Waals surface area contributed by atoms with Crippen LogP contribution in [0.3, 0.4) is 0 Å². The van der Waals surface area contributed by atoms with Gasteiger partial charge in [0.25, 0.3) is 0 Å². The molecular weight excluding hydrogens is 418 g/mol. The summed E-state index contributed by atoms with van der Waals surface area (Å²) in [5.41, 5.74) is 2.38. The summed E-state index contributed by atoms with van der Waals surface area (Å²) < 4.78 is 26.0. The number of nitrogens with zero attached hydrogens (tertiary/aromatic N) is 2. The van der Waals surface area contributed by atoms with Gasteiger partial charge in [0.2, 0.25) is 15.9 Å². The molecule has 3 rings (SSSR count). The Hall–Kier alpha value is -2.42. The van der Waals surface area contributed by atoms with E-state index in [2.05, 4.69) is 10.3 Å². The van der Waals surface area contributed by atoms with Crippen molar-refractivity contribution in [3.05, 3.63) is 60.2 Å². The number of rotatable bonds is 7. The second-order valence-electron chi connectivity index (χ2n) is 7.11. The van der Waals surface area contributed by atoms with Crippen molar-refractivity contribution in [2.45, 2.75) is 35.4 Å². The summed E-state index contributed by atoms with van der Waals surface area (Å²) in [7, 11) is -0.492. The zero-order chi connectivity index (χ0) is 21.9. The molecule has 1 N–H and O–H groups in total. The van der Waals surface area contributed by atoms with Crippen molar-refractivity contribution in [1.29, 1.82) is 0 Å². The minimum Gasteiger partial charge on any atom is -0.325 e. The van der Waals surface area contributed by atoms with Crippen LogP contribution >= 0.6 is 11.8 Å². The van der Waals surface area contributed by atoms with Crippen LogP contribution in [0.5, 0.6) is 0 Å². The molecule has 158 valence electrons. The minimum atomic E-state index is -3.51. The highest BCUT2D eigenvalue weighted by Crippen LogP contribution is 2.30. The standard InChI is InChI=1S/C22H25N3O3S2/c1-5-20(22(26)23-16-9-7-6-8-10-16)29-21-13-15(2)18-14-17(11-12-19(18)24-21)30(27,28)25(3)4/h6-14,20H,5H2,1-4H3,(H,23,26). The molecule has 0 aliphatic heterocycles. The van der Waals surface area contributed by atoms with Crippen molar-refractivity contribution in [2.75, 3.05) is 19.4 Å². The van der Waals surface area contributed by atoms with Crippen molar-refractivity contribution in [1.82, 2.24) is 9.29 Å². The molecule has 3 aromatic rings. The van der Waals surface area contributed by atoms with Gasteiger partial charge in [-0.15, -0.1) is 0 Å². The molecule has 0 aliphatic carbocycles. The second-order valence-corrected chi connectivity index (χ2v) is 10.5. The summed E-state index contributed by atoms with van der Waals surface area (Å²) in [4.78, 5) is 17.6. The number of thioether (sulfide) groups is 1. The predicted octanol–water partition coefficient (Wildman–Crippen LogP) is 4.30. The van der Waals surface area contributed by atoms with E-state index >= 15 is 0 Å². The molecule has 0 spiro atoms. The van der Waals surface area contributed by atoms with Crippen LogP contribution in [0.25, 0.3) is 10.9 Å². The molecular formula is C22H25N3O3S2. The Morgan fingerprint density at radius 2 is 1.83 bits per heavy atom. The van der Waals surface area contributed by atoms with E-state index in [-0.39, 0.29) is 16.1 Å². The molecule has 0 radical (unpaired) electrons. The maximum absolute atomic E-state index is 12.7. The highest BCUT2D eigenvalue weighted by Gasteiger charge is 2.21. The minimum absolute atomic E-state index is 0.0688. The van der Waals surface area contributed by atoms with Crippen molar-refractivity contribution in [3.8, 4) is 0 Å². The summed E-state index contributed by atoms with van der Waals surface area (Å²) in [6.07, 6.45) is 0.655. The molecule has 0 aliphatic rings. The first kappa shape index (κ1) is 22.3. The van der Waals surface area contributed by atoms with E-state index in [1.807, 2.05) is 50.2 Å². The Kier molecular flexibility index (Phi) is 6.80. The van der Waals surface area contributed by atoms with E-state index in [9.17, 15) is 13.2 Å². The van der Waals surface area contributed by atoms with Gasteiger partial charge in [-0.25, -0.2) is 17.7 Å². The number of aromatic nitrogens is 1. The number of benzene rings is 2. The van der Waals surface area contributed by atoms with Gasteiger partial charge in [-0.05, 0) is 55.3 Å². The Morgan fingerprint density at radius 3 is 2.47 bits per heavy atom. The molecule has 6 nitrogen and oxygen atoms in total. The van der Waals surface area contributed by atoms with Gasteiger partial charge >= 0.3 is 0 Å².